The van der Waals surface area contributed by atoms with Gasteiger partial charge in [-0.05, 0) is 24.6 Å². The average Bonchev–Trinajstić information content (AvgIpc) is 2.77. The van der Waals surface area contributed by atoms with Gasteiger partial charge in [0.2, 0.25) is 5.91 Å². The first-order valence-electron chi connectivity index (χ1n) is 7.54. The zero-order chi connectivity index (χ0) is 17.1. The topological polar surface area (TPSA) is 69.6 Å². The van der Waals surface area contributed by atoms with Gasteiger partial charge in [0.15, 0.2) is 11.5 Å². The van der Waals surface area contributed by atoms with Crippen molar-refractivity contribution in [2.24, 2.45) is 0 Å². The zero-order valence-corrected chi connectivity index (χ0v) is 14.7. The second-order valence-corrected chi connectivity index (χ2v) is 6.69. The lowest BCUT2D eigenvalue weighted by molar-refractivity contribution is -0.121. The minimum atomic E-state index is -0.234. The van der Waals surface area contributed by atoms with Gasteiger partial charge in [0.1, 0.15) is 6.54 Å². The Bertz CT molecular complexity index is 815. The van der Waals surface area contributed by atoms with Gasteiger partial charge in [-0.15, -0.1) is 0 Å². The molecule has 1 N–H and O–H groups in total. The number of ether oxygens (including phenoxy) is 2. The summed E-state index contributed by atoms with van der Waals surface area (Å²) in [4.78, 5) is 23.6. The summed E-state index contributed by atoms with van der Waals surface area (Å²) < 4.78 is 12.6. The summed E-state index contributed by atoms with van der Waals surface area (Å²) in [7, 11) is 0. The van der Waals surface area contributed by atoms with E-state index in [4.69, 9.17) is 21.1 Å². The number of amides is 1. The van der Waals surface area contributed by atoms with Crippen LogP contribution >= 0.6 is 22.9 Å². The normalized spacial score (nSPS) is 13.4. The molecular weight excluding hydrogens is 352 g/mol. The molecule has 0 fully saturated rings. The molecule has 1 amide bonds. The summed E-state index contributed by atoms with van der Waals surface area (Å²) in [6.45, 7) is 3.24. The minimum absolute atomic E-state index is 0.00640. The Balaban J connectivity index is 1.66. The van der Waals surface area contributed by atoms with Crippen LogP contribution in [0.1, 0.15) is 17.7 Å². The van der Waals surface area contributed by atoms with Gasteiger partial charge in [-0.3, -0.25) is 14.2 Å². The highest BCUT2D eigenvalue weighted by Crippen LogP contribution is 2.37. The lowest BCUT2D eigenvalue weighted by atomic mass is 10.2. The van der Waals surface area contributed by atoms with Crippen LogP contribution in [0.25, 0.3) is 0 Å². The van der Waals surface area contributed by atoms with Crippen molar-refractivity contribution in [2.75, 3.05) is 13.2 Å². The number of nitrogens with zero attached hydrogens (tertiary/aromatic N) is 1. The first kappa shape index (κ1) is 16.9. The molecule has 1 aliphatic rings. The molecule has 0 bridgehead atoms. The largest absolute Gasteiger partial charge is 0.489 e. The van der Waals surface area contributed by atoms with Gasteiger partial charge in [-0.2, -0.15) is 0 Å². The third-order valence-corrected chi connectivity index (χ3v) is 4.79. The maximum atomic E-state index is 12.1. The number of hydrogen-bond acceptors (Lipinski definition) is 5. The van der Waals surface area contributed by atoms with Crippen LogP contribution in [0.5, 0.6) is 11.5 Å². The second kappa shape index (κ2) is 7.27. The molecule has 128 valence electrons. The standard InChI is InChI=1S/C16H17ClN2O4S/c1-10-9-24-16(21)19(10)8-14(20)18-7-11-5-12(17)15-13(6-11)22-3-2-4-23-15/h5-6,9H,2-4,7-8H2,1H3,(H,18,20). The second-order valence-electron chi connectivity index (χ2n) is 5.46. The molecular formula is C16H17ClN2O4S. The number of rotatable bonds is 4. The van der Waals surface area contributed by atoms with Crippen LogP contribution in [0.4, 0.5) is 0 Å². The first-order chi connectivity index (χ1) is 11.5. The van der Waals surface area contributed by atoms with Crippen LogP contribution in [-0.2, 0) is 17.9 Å². The third-order valence-electron chi connectivity index (χ3n) is 3.63. The fraction of sp³-hybridized carbons (Fsp3) is 0.375. The molecule has 2 aromatic rings. The van der Waals surface area contributed by atoms with Gasteiger partial charge < -0.3 is 14.8 Å². The van der Waals surface area contributed by atoms with Crippen molar-refractivity contribution in [3.8, 4) is 11.5 Å². The third kappa shape index (κ3) is 3.73. The highest BCUT2D eigenvalue weighted by atomic mass is 35.5. The van der Waals surface area contributed by atoms with Crippen LogP contribution < -0.4 is 19.7 Å². The molecule has 0 radical (unpaired) electrons. The minimum Gasteiger partial charge on any atom is -0.489 e. The lowest BCUT2D eigenvalue weighted by Crippen LogP contribution is -2.30. The van der Waals surface area contributed by atoms with Crippen LogP contribution in [0.2, 0.25) is 5.02 Å². The van der Waals surface area contributed by atoms with Gasteiger partial charge in [-0.1, -0.05) is 22.9 Å². The van der Waals surface area contributed by atoms with Gasteiger partial charge in [0, 0.05) is 24.0 Å². The van der Waals surface area contributed by atoms with E-state index >= 15 is 0 Å². The molecule has 2 heterocycles. The SMILES string of the molecule is Cc1csc(=O)n1CC(=O)NCc1cc(Cl)c2c(c1)OCCCO2. The van der Waals surface area contributed by atoms with Crippen molar-refractivity contribution in [2.45, 2.75) is 26.4 Å². The maximum Gasteiger partial charge on any atom is 0.307 e. The summed E-state index contributed by atoms with van der Waals surface area (Å²) in [6.07, 6.45) is 0.797. The van der Waals surface area contributed by atoms with Crippen molar-refractivity contribution in [1.82, 2.24) is 9.88 Å². The lowest BCUT2D eigenvalue weighted by Gasteiger charge is -2.12. The molecule has 24 heavy (non-hydrogen) atoms. The molecule has 1 aromatic carbocycles. The monoisotopic (exact) mass is 368 g/mol. The maximum absolute atomic E-state index is 12.1. The molecule has 6 nitrogen and oxygen atoms in total. The van der Waals surface area contributed by atoms with E-state index in [1.54, 1.807) is 18.4 Å². The van der Waals surface area contributed by atoms with Crippen LogP contribution in [0, 0.1) is 6.92 Å². The number of aromatic nitrogens is 1. The van der Waals surface area contributed by atoms with E-state index in [2.05, 4.69) is 5.32 Å². The smallest absolute Gasteiger partial charge is 0.307 e. The summed E-state index contributed by atoms with van der Waals surface area (Å²) in [6, 6.07) is 3.56. The number of carbonyl (C=O) groups excluding carboxylic acids is 1. The summed E-state index contributed by atoms with van der Waals surface area (Å²) >= 11 is 7.32. The summed E-state index contributed by atoms with van der Waals surface area (Å²) in [5.41, 5.74) is 1.59. The predicted octanol–water partition coefficient (Wildman–Crippen LogP) is 2.35. The molecule has 8 heteroatoms. The summed E-state index contributed by atoms with van der Waals surface area (Å²) in [5, 5.41) is 4.99. The Kier molecular flexibility index (Phi) is 5.11. The van der Waals surface area contributed by atoms with Crippen LogP contribution in [0.3, 0.4) is 0 Å². The molecule has 0 unspecified atom stereocenters. The van der Waals surface area contributed by atoms with E-state index in [0.29, 0.717) is 36.3 Å². The molecule has 0 saturated heterocycles. The quantitative estimate of drug-likeness (QED) is 0.899. The van der Waals surface area contributed by atoms with E-state index in [0.717, 1.165) is 29.0 Å². The van der Waals surface area contributed by atoms with Gasteiger partial charge in [0.25, 0.3) is 0 Å². The fourth-order valence-corrected chi connectivity index (χ4v) is 3.40. The highest BCUT2D eigenvalue weighted by molar-refractivity contribution is 7.07. The van der Waals surface area contributed by atoms with Gasteiger partial charge >= 0.3 is 4.87 Å². The van der Waals surface area contributed by atoms with E-state index in [1.807, 2.05) is 6.07 Å². The Labute approximate surface area is 148 Å². The van der Waals surface area contributed by atoms with Crippen molar-refractivity contribution in [3.63, 3.8) is 0 Å². The van der Waals surface area contributed by atoms with Crippen molar-refractivity contribution in [1.29, 1.82) is 0 Å². The highest BCUT2D eigenvalue weighted by Gasteiger charge is 2.16. The number of hydrogen-bond donors (Lipinski definition) is 1. The number of benzene rings is 1. The number of fused-ring (bicyclic) bond motifs is 1. The molecule has 0 saturated carbocycles. The molecule has 3 rings (SSSR count). The number of aryl methyl sites for hydroxylation is 1. The number of carbonyl (C=O) groups is 1. The van der Waals surface area contributed by atoms with Gasteiger partial charge in [0.05, 0.1) is 18.2 Å². The van der Waals surface area contributed by atoms with Gasteiger partial charge in [-0.25, -0.2) is 0 Å². The van der Waals surface area contributed by atoms with E-state index in [9.17, 15) is 9.59 Å². The van der Waals surface area contributed by atoms with Crippen LogP contribution in [0.15, 0.2) is 22.3 Å². The van der Waals surface area contributed by atoms with Crippen molar-refractivity contribution < 1.29 is 14.3 Å². The molecule has 1 aromatic heterocycles. The predicted molar refractivity (Wildman–Crippen MR) is 92.2 cm³/mol. The van der Waals surface area contributed by atoms with Crippen molar-refractivity contribution >= 4 is 28.8 Å². The molecule has 0 atom stereocenters. The molecule has 0 spiro atoms. The number of thiazole rings is 1. The van der Waals surface area contributed by atoms with E-state index in [1.165, 1.54) is 4.57 Å². The zero-order valence-electron chi connectivity index (χ0n) is 13.1. The number of nitrogens with one attached hydrogen (secondary N) is 1. The Morgan fingerprint density at radius 1 is 1.38 bits per heavy atom. The Morgan fingerprint density at radius 3 is 2.92 bits per heavy atom. The fourth-order valence-electron chi connectivity index (χ4n) is 2.38. The number of halogens is 1. The van der Waals surface area contributed by atoms with E-state index < -0.39 is 0 Å². The van der Waals surface area contributed by atoms with Crippen molar-refractivity contribution in [3.05, 3.63) is 43.5 Å². The average molecular weight is 369 g/mol. The Hall–Kier alpha value is -1.99. The molecule has 1 aliphatic heterocycles. The van der Waals surface area contributed by atoms with E-state index in [-0.39, 0.29) is 17.3 Å². The molecule has 0 aliphatic carbocycles. The summed E-state index contributed by atoms with van der Waals surface area (Å²) in [5.74, 6) is 0.903. The Morgan fingerprint density at radius 2 is 2.17 bits per heavy atom. The first-order valence-corrected chi connectivity index (χ1v) is 8.80. The van der Waals surface area contributed by atoms with Crippen LogP contribution in [-0.4, -0.2) is 23.7 Å².